The second-order valence-corrected chi connectivity index (χ2v) is 13.8. The van der Waals surface area contributed by atoms with Gasteiger partial charge < -0.3 is 4.90 Å². The molecule has 1 heterocycles. The summed E-state index contributed by atoms with van der Waals surface area (Å²) in [5, 5.41) is 2.73. The Labute approximate surface area is 287 Å². The topological polar surface area (TPSA) is 3.24 Å². The predicted octanol–water partition coefficient (Wildman–Crippen LogP) is 13.8. The second kappa shape index (κ2) is 12.3. The fourth-order valence-corrected chi connectivity index (χ4v) is 8.38. The van der Waals surface area contributed by atoms with Gasteiger partial charge in [0.25, 0.3) is 0 Å². The van der Waals surface area contributed by atoms with Crippen molar-refractivity contribution in [1.82, 2.24) is 0 Å². The lowest BCUT2D eigenvalue weighted by Crippen LogP contribution is -2.09. The van der Waals surface area contributed by atoms with Gasteiger partial charge in [0.05, 0.1) is 0 Å². The Morgan fingerprint density at radius 1 is 0.417 bits per heavy atom. The number of hydrogen-bond donors (Lipinski definition) is 0. The molecule has 0 spiro atoms. The summed E-state index contributed by atoms with van der Waals surface area (Å²) in [6, 6.07) is 55.1. The summed E-state index contributed by atoms with van der Waals surface area (Å²) < 4.78 is 2.69. The van der Waals surface area contributed by atoms with Crippen LogP contribution < -0.4 is 4.90 Å². The van der Waals surface area contributed by atoms with Crippen molar-refractivity contribution in [3.63, 3.8) is 0 Å². The van der Waals surface area contributed by atoms with E-state index in [0.717, 1.165) is 17.1 Å². The summed E-state index contributed by atoms with van der Waals surface area (Å²) >= 11 is 1.89. The molecule has 0 bridgehead atoms. The van der Waals surface area contributed by atoms with Crippen LogP contribution in [0.25, 0.3) is 53.6 Å². The number of thiophene rings is 1. The van der Waals surface area contributed by atoms with E-state index in [9.17, 15) is 0 Å². The number of hydrogen-bond acceptors (Lipinski definition) is 2. The van der Waals surface area contributed by atoms with E-state index in [2.05, 4.69) is 184 Å². The lowest BCUT2D eigenvalue weighted by Gasteiger charge is -2.25. The van der Waals surface area contributed by atoms with Crippen LogP contribution >= 0.6 is 11.3 Å². The molecule has 8 rings (SSSR count). The van der Waals surface area contributed by atoms with Gasteiger partial charge in [0.15, 0.2) is 0 Å². The monoisotopic (exact) mass is 635 g/mol. The van der Waals surface area contributed by atoms with Crippen molar-refractivity contribution in [1.29, 1.82) is 0 Å². The molecule has 0 unspecified atom stereocenters. The lowest BCUT2D eigenvalue weighted by molar-refractivity contribution is 1.28. The molecule has 0 saturated carbocycles. The zero-order valence-electron chi connectivity index (χ0n) is 27.8. The maximum absolute atomic E-state index is 2.38. The highest BCUT2D eigenvalue weighted by Gasteiger charge is 2.20. The van der Waals surface area contributed by atoms with Crippen LogP contribution in [0.15, 0.2) is 152 Å². The van der Waals surface area contributed by atoms with Crippen LogP contribution in [0.2, 0.25) is 0 Å². The molecule has 0 aliphatic carbocycles. The van der Waals surface area contributed by atoms with E-state index in [-0.39, 0.29) is 0 Å². The van der Waals surface area contributed by atoms with E-state index in [0.29, 0.717) is 0 Å². The summed E-state index contributed by atoms with van der Waals surface area (Å²) in [7, 11) is 0. The molecule has 0 atom stereocenters. The zero-order valence-corrected chi connectivity index (χ0v) is 28.6. The minimum absolute atomic E-state index is 1.13. The van der Waals surface area contributed by atoms with E-state index >= 15 is 0 Å². The number of anilines is 3. The molecule has 8 aromatic rings. The van der Waals surface area contributed by atoms with Gasteiger partial charge in [0.1, 0.15) is 0 Å². The number of aryl methyl sites for hydroxylation is 3. The Morgan fingerprint density at radius 3 is 1.69 bits per heavy atom. The van der Waals surface area contributed by atoms with Gasteiger partial charge in [-0.05, 0) is 138 Å². The Morgan fingerprint density at radius 2 is 0.979 bits per heavy atom. The molecule has 2 heteroatoms. The lowest BCUT2D eigenvalue weighted by atomic mass is 9.84. The van der Waals surface area contributed by atoms with E-state index in [1.54, 1.807) is 0 Å². The van der Waals surface area contributed by atoms with Crippen molar-refractivity contribution in [2.24, 2.45) is 0 Å². The van der Waals surface area contributed by atoms with Gasteiger partial charge in [-0.1, -0.05) is 97.1 Å². The molecular formula is C46H37NS. The molecule has 1 nitrogen and oxygen atoms in total. The van der Waals surface area contributed by atoms with Crippen LogP contribution in [-0.2, 0) is 0 Å². The largest absolute Gasteiger partial charge is 0.311 e. The Hall–Kier alpha value is -5.44. The van der Waals surface area contributed by atoms with Crippen molar-refractivity contribution in [2.75, 3.05) is 4.90 Å². The highest BCUT2D eigenvalue weighted by atomic mass is 32.1. The number of rotatable bonds is 6. The molecule has 232 valence electrons. The van der Waals surface area contributed by atoms with Crippen LogP contribution in [0.1, 0.15) is 22.3 Å². The van der Waals surface area contributed by atoms with Crippen molar-refractivity contribution in [3.05, 3.63) is 174 Å². The predicted molar refractivity (Wildman–Crippen MR) is 209 cm³/mol. The molecular weight excluding hydrogens is 599 g/mol. The normalized spacial score (nSPS) is 11.3. The number of nitrogens with zero attached hydrogens (tertiary/aromatic N) is 1. The molecule has 0 aliphatic heterocycles. The third kappa shape index (κ3) is 5.19. The summed E-state index contributed by atoms with van der Waals surface area (Å²) in [4.78, 5) is 2.31. The average molecular weight is 636 g/mol. The molecule has 7 aromatic carbocycles. The van der Waals surface area contributed by atoms with Crippen LogP contribution in [0.4, 0.5) is 17.1 Å². The highest BCUT2D eigenvalue weighted by molar-refractivity contribution is 7.25. The van der Waals surface area contributed by atoms with Crippen LogP contribution in [0.5, 0.6) is 0 Å². The SMILES string of the molecule is Cc1ccc(-c2ccc(N(c3ccccc3)c3ccccc3)cc2)cc1-c1ccc(C)c(-c2c(C)ccc3sc4ccccc4c23)c1C. The fourth-order valence-electron chi connectivity index (χ4n) is 7.26. The smallest absolute Gasteiger partial charge is 0.0462 e. The quantitative estimate of drug-likeness (QED) is 0.176. The molecule has 0 saturated heterocycles. The first-order valence-corrected chi connectivity index (χ1v) is 17.4. The molecule has 0 radical (unpaired) electrons. The third-order valence-corrected chi connectivity index (χ3v) is 10.8. The van der Waals surface area contributed by atoms with Crippen molar-refractivity contribution >= 4 is 48.6 Å². The standard InChI is InChI=1S/C46H37NS/c1-30-19-22-35(34-23-25-38(26-24-34)47(36-13-7-5-8-14-36)37-15-9-6-10-16-37)29-41(30)39-27-20-31(2)44(33(39)4)45-32(3)21-28-43-46(45)40-17-11-12-18-42(40)48-43/h5-29H,1-4H3. The first kappa shape index (κ1) is 29.9. The fraction of sp³-hybridized carbons (Fsp3) is 0.0870. The maximum Gasteiger partial charge on any atom is 0.0462 e. The Balaban J connectivity index is 1.22. The summed E-state index contributed by atoms with van der Waals surface area (Å²) in [6.45, 7) is 9.07. The van der Waals surface area contributed by atoms with E-state index in [4.69, 9.17) is 0 Å². The van der Waals surface area contributed by atoms with E-state index in [1.807, 2.05) is 11.3 Å². The van der Waals surface area contributed by atoms with Gasteiger partial charge in [-0.2, -0.15) is 0 Å². The average Bonchev–Trinajstić information content (AvgIpc) is 3.50. The minimum atomic E-state index is 1.13. The van der Waals surface area contributed by atoms with Crippen molar-refractivity contribution in [3.8, 4) is 33.4 Å². The van der Waals surface area contributed by atoms with Gasteiger partial charge in [-0.25, -0.2) is 0 Å². The second-order valence-electron chi connectivity index (χ2n) is 12.7. The van der Waals surface area contributed by atoms with E-state index < -0.39 is 0 Å². The maximum atomic E-state index is 2.38. The molecule has 48 heavy (non-hydrogen) atoms. The van der Waals surface area contributed by atoms with Gasteiger partial charge >= 0.3 is 0 Å². The Kier molecular flexibility index (Phi) is 7.67. The van der Waals surface area contributed by atoms with Crippen molar-refractivity contribution in [2.45, 2.75) is 27.7 Å². The number of fused-ring (bicyclic) bond motifs is 3. The molecule has 0 fully saturated rings. The van der Waals surface area contributed by atoms with Crippen LogP contribution in [-0.4, -0.2) is 0 Å². The molecule has 1 aromatic heterocycles. The first-order valence-electron chi connectivity index (χ1n) is 16.6. The van der Waals surface area contributed by atoms with Crippen LogP contribution in [0.3, 0.4) is 0 Å². The van der Waals surface area contributed by atoms with Gasteiger partial charge in [0, 0.05) is 37.2 Å². The van der Waals surface area contributed by atoms with E-state index in [1.165, 1.54) is 75.8 Å². The zero-order chi connectivity index (χ0) is 32.8. The van der Waals surface area contributed by atoms with Crippen LogP contribution in [0, 0.1) is 27.7 Å². The van der Waals surface area contributed by atoms with Gasteiger partial charge in [-0.15, -0.1) is 11.3 Å². The number of para-hydroxylation sites is 2. The highest BCUT2D eigenvalue weighted by Crippen LogP contribution is 2.45. The third-order valence-electron chi connectivity index (χ3n) is 9.69. The van der Waals surface area contributed by atoms with Gasteiger partial charge in [-0.3, -0.25) is 0 Å². The molecule has 0 amide bonds. The summed E-state index contributed by atoms with van der Waals surface area (Å²) in [5.41, 5.74) is 16.4. The molecule has 0 aliphatic rings. The number of benzene rings is 7. The summed E-state index contributed by atoms with van der Waals surface area (Å²) in [6.07, 6.45) is 0. The van der Waals surface area contributed by atoms with Gasteiger partial charge in [0.2, 0.25) is 0 Å². The molecule has 0 N–H and O–H groups in total. The summed E-state index contributed by atoms with van der Waals surface area (Å²) in [5.74, 6) is 0. The Bertz CT molecular complexity index is 2380. The minimum Gasteiger partial charge on any atom is -0.311 e. The van der Waals surface area contributed by atoms with Crippen molar-refractivity contribution < 1.29 is 0 Å². The first-order chi connectivity index (χ1) is 23.5.